The first-order valence-electron chi connectivity index (χ1n) is 6.63. The van der Waals surface area contributed by atoms with Crippen LogP contribution in [0.15, 0.2) is 43.5 Å². The maximum atomic E-state index is 11.6. The second-order valence-corrected chi connectivity index (χ2v) is 5.13. The van der Waals surface area contributed by atoms with Crippen LogP contribution < -0.4 is 4.74 Å². The Hall–Kier alpha value is -1.83. The molecule has 1 aliphatic rings. The molecule has 1 aromatic carbocycles. The van der Waals surface area contributed by atoms with E-state index in [0.717, 1.165) is 36.1 Å². The van der Waals surface area contributed by atoms with Gasteiger partial charge in [-0.15, -0.1) is 13.2 Å². The van der Waals surface area contributed by atoms with Crippen LogP contribution in [0.25, 0.3) is 0 Å². The van der Waals surface area contributed by atoms with Crippen molar-refractivity contribution in [3.05, 3.63) is 54.6 Å². The van der Waals surface area contributed by atoms with Gasteiger partial charge < -0.3 is 4.74 Å². The Morgan fingerprint density at radius 2 is 2.05 bits per heavy atom. The summed E-state index contributed by atoms with van der Waals surface area (Å²) in [6.45, 7) is 10.0. The topological polar surface area (TPSA) is 26.3 Å². The number of fused-ring (bicyclic) bond motifs is 1. The minimum absolute atomic E-state index is 0.0253. The van der Waals surface area contributed by atoms with E-state index in [0.29, 0.717) is 6.61 Å². The van der Waals surface area contributed by atoms with Crippen LogP contribution >= 0.6 is 0 Å². The molecule has 0 bridgehead atoms. The lowest BCUT2D eigenvalue weighted by Crippen LogP contribution is -2.32. The number of ether oxygens (including phenoxy) is 1. The van der Waals surface area contributed by atoms with Crippen LogP contribution in [0.4, 0.5) is 0 Å². The smallest absolute Gasteiger partial charge is 0.159 e. The summed E-state index contributed by atoms with van der Waals surface area (Å²) in [6.07, 6.45) is 6.56. The molecule has 0 amide bonds. The van der Waals surface area contributed by atoms with Crippen LogP contribution in [0.2, 0.25) is 0 Å². The Balaban J connectivity index is 2.56. The molecule has 0 aromatic heterocycles. The fraction of sp³-hybridized carbons (Fsp3) is 0.353. The maximum absolute atomic E-state index is 11.6. The van der Waals surface area contributed by atoms with Crippen LogP contribution in [-0.4, -0.2) is 12.4 Å². The quantitative estimate of drug-likeness (QED) is 0.586. The van der Waals surface area contributed by atoms with Gasteiger partial charge >= 0.3 is 0 Å². The van der Waals surface area contributed by atoms with Gasteiger partial charge in [0.2, 0.25) is 0 Å². The minimum atomic E-state index is -0.0253. The lowest BCUT2D eigenvalue weighted by atomic mass is 9.70. The van der Waals surface area contributed by atoms with Crippen molar-refractivity contribution in [2.24, 2.45) is 0 Å². The molecule has 0 spiro atoms. The highest BCUT2D eigenvalue weighted by molar-refractivity contribution is 5.94. The fourth-order valence-corrected chi connectivity index (χ4v) is 2.84. The molecule has 0 unspecified atom stereocenters. The summed E-state index contributed by atoms with van der Waals surface area (Å²) < 4.78 is 5.73. The Morgan fingerprint density at radius 1 is 1.37 bits per heavy atom. The van der Waals surface area contributed by atoms with Gasteiger partial charge in [0.15, 0.2) is 5.78 Å². The number of ketones is 1. The van der Waals surface area contributed by atoms with E-state index in [-0.39, 0.29) is 11.2 Å². The highest BCUT2D eigenvalue weighted by atomic mass is 16.5. The Morgan fingerprint density at radius 3 is 2.63 bits per heavy atom. The average molecular weight is 256 g/mol. The second-order valence-electron chi connectivity index (χ2n) is 5.13. The molecule has 2 heteroatoms. The van der Waals surface area contributed by atoms with Crippen molar-refractivity contribution in [1.29, 1.82) is 0 Å². The van der Waals surface area contributed by atoms with E-state index in [9.17, 15) is 4.79 Å². The number of Topliss-reactive ketones (excluding diaryl/α,β-unsaturated/α-hetero) is 1. The summed E-state index contributed by atoms with van der Waals surface area (Å²) in [5.41, 5.74) is 1.83. The number of carbonyl (C=O) groups excluding carboxylic acids is 1. The van der Waals surface area contributed by atoms with Crippen molar-refractivity contribution in [3.63, 3.8) is 0 Å². The molecule has 0 saturated heterocycles. The summed E-state index contributed by atoms with van der Waals surface area (Å²) in [7, 11) is 0. The van der Waals surface area contributed by atoms with Gasteiger partial charge in [-0.25, -0.2) is 0 Å². The summed E-state index contributed by atoms with van der Waals surface area (Å²) in [5, 5.41) is 0. The molecule has 0 fully saturated rings. The Labute approximate surface area is 114 Å². The molecule has 19 heavy (non-hydrogen) atoms. The molecule has 2 nitrogen and oxygen atoms in total. The van der Waals surface area contributed by atoms with Gasteiger partial charge in [-0.05, 0) is 44.4 Å². The van der Waals surface area contributed by atoms with Crippen molar-refractivity contribution in [2.45, 2.75) is 31.6 Å². The monoisotopic (exact) mass is 256 g/mol. The van der Waals surface area contributed by atoms with E-state index in [2.05, 4.69) is 13.2 Å². The van der Waals surface area contributed by atoms with Gasteiger partial charge in [0.25, 0.3) is 0 Å². The van der Waals surface area contributed by atoms with Gasteiger partial charge in [-0.2, -0.15) is 0 Å². The van der Waals surface area contributed by atoms with Crippen LogP contribution in [0.3, 0.4) is 0 Å². The molecule has 2 rings (SSSR count). The number of benzene rings is 1. The number of hydrogen-bond acceptors (Lipinski definition) is 2. The zero-order valence-electron chi connectivity index (χ0n) is 11.4. The molecule has 100 valence electrons. The molecule has 0 aliphatic carbocycles. The zero-order chi connectivity index (χ0) is 13.9. The molecule has 1 aliphatic heterocycles. The molecule has 1 heterocycles. The Bertz CT molecular complexity index is 504. The van der Waals surface area contributed by atoms with Crippen LogP contribution in [0.5, 0.6) is 5.75 Å². The molecular weight excluding hydrogens is 236 g/mol. The second kappa shape index (κ2) is 5.43. The van der Waals surface area contributed by atoms with Crippen molar-refractivity contribution >= 4 is 5.78 Å². The Kier molecular flexibility index (Phi) is 3.89. The van der Waals surface area contributed by atoms with Crippen LogP contribution in [-0.2, 0) is 5.41 Å². The first-order chi connectivity index (χ1) is 9.13. The van der Waals surface area contributed by atoms with Gasteiger partial charge in [-0.3, -0.25) is 4.79 Å². The van der Waals surface area contributed by atoms with E-state index in [1.807, 2.05) is 30.4 Å². The molecular formula is C17H20O2. The summed E-state index contributed by atoms with van der Waals surface area (Å²) in [5.74, 6) is 0.972. The van der Waals surface area contributed by atoms with Crippen LogP contribution in [0.1, 0.15) is 42.1 Å². The third kappa shape index (κ3) is 2.48. The number of rotatable bonds is 5. The van der Waals surface area contributed by atoms with Crippen molar-refractivity contribution in [2.75, 3.05) is 6.61 Å². The average Bonchev–Trinajstić information content (AvgIpc) is 2.39. The molecule has 0 atom stereocenters. The first kappa shape index (κ1) is 13.6. The highest BCUT2D eigenvalue weighted by Gasteiger charge is 2.36. The number of allylic oxidation sites excluding steroid dienone is 2. The van der Waals surface area contributed by atoms with Crippen molar-refractivity contribution in [1.82, 2.24) is 0 Å². The van der Waals surface area contributed by atoms with E-state index in [4.69, 9.17) is 4.74 Å². The van der Waals surface area contributed by atoms with Crippen molar-refractivity contribution in [3.8, 4) is 5.75 Å². The fourth-order valence-electron chi connectivity index (χ4n) is 2.84. The SMILES string of the molecule is C=CCC1(CC=C)CCOc2ccc(C(C)=O)cc21. The third-order valence-electron chi connectivity index (χ3n) is 3.87. The number of hydrogen-bond donors (Lipinski definition) is 0. The minimum Gasteiger partial charge on any atom is -0.493 e. The normalized spacial score (nSPS) is 16.1. The van der Waals surface area contributed by atoms with E-state index in [1.165, 1.54) is 0 Å². The van der Waals surface area contributed by atoms with Crippen LogP contribution in [0, 0.1) is 0 Å². The van der Waals surface area contributed by atoms with Gasteiger partial charge in [0.1, 0.15) is 5.75 Å². The maximum Gasteiger partial charge on any atom is 0.159 e. The largest absolute Gasteiger partial charge is 0.493 e. The van der Waals surface area contributed by atoms with E-state index >= 15 is 0 Å². The zero-order valence-corrected chi connectivity index (χ0v) is 11.4. The van der Waals surface area contributed by atoms with Crippen molar-refractivity contribution < 1.29 is 9.53 Å². The summed E-state index contributed by atoms with van der Waals surface area (Å²) in [6, 6.07) is 5.72. The number of carbonyl (C=O) groups is 1. The predicted molar refractivity (Wildman–Crippen MR) is 77.9 cm³/mol. The third-order valence-corrected chi connectivity index (χ3v) is 3.87. The molecule has 0 N–H and O–H groups in total. The summed E-state index contributed by atoms with van der Waals surface area (Å²) >= 11 is 0. The molecule has 0 radical (unpaired) electrons. The van der Waals surface area contributed by atoms with E-state index < -0.39 is 0 Å². The predicted octanol–water partition coefficient (Wildman–Crippen LogP) is 4.06. The standard InChI is InChI=1S/C17H20O2/c1-4-8-17(9-5-2)10-11-19-16-7-6-14(13(3)18)12-15(16)17/h4-7,12H,1-2,8-11H2,3H3. The molecule has 1 aromatic rings. The van der Waals surface area contributed by atoms with Gasteiger partial charge in [-0.1, -0.05) is 12.2 Å². The highest BCUT2D eigenvalue weighted by Crippen LogP contribution is 2.44. The lowest BCUT2D eigenvalue weighted by Gasteiger charge is -2.38. The molecule has 0 saturated carbocycles. The first-order valence-corrected chi connectivity index (χ1v) is 6.63. The van der Waals surface area contributed by atoms with Gasteiger partial charge in [0.05, 0.1) is 6.61 Å². The summed E-state index contributed by atoms with van der Waals surface area (Å²) in [4.78, 5) is 11.6. The van der Waals surface area contributed by atoms with E-state index in [1.54, 1.807) is 6.92 Å². The lowest BCUT2D eigenvalue weighted by molar-refractivity contribution is 0.101. The van der Waals surface area contributed by atoms with Gasteiger partial charge in [0, 0.05) is 16.5 Å².